The van der Waals surface area contributed by atoms with E-state index in [1.54, 1.807) is 0 Å². The number of aryl methyl sites for hydroxylation is 1. The molecule has 2 N–H and O–H groups in total. The van der Waals surface area contributed by atoms with Crippen LogP contribution in [0.2, 0.25) is 0 Å². The van der Waals surface area contributed by atoms with Gasteiger partial charge in [0.25, 0.3) is 0 Å². The Kier molecular flexibility index (Phi) is 7.49. The van der Waals surface area contributed by atoms with Gasteiger partial charge in [0.05, 0.1) is 0 Å². The normalized spacial score (nSPS) is 10.8. The predicted molar refractivity (Wildman–Crippen MR) is 78.4 cm³/mol. The van der Waals surface area contributed by atoms with Crippen LogP contribution in [-0.4, -0.2) is 19.6 Å². The van der Waals surface area contributed by atoms with E-state index in [1.807, 2.05) is 0 Å². The molecule has 0 saturated heterocycles. The Morgan fingerprint density at radius 3 is 2.59 bits per heavy atom. The maximum atomic E-state index is 3.52. The van der Waals surface area contributed by atoms with Crippen LogP contribution in [-0.2, 0) is 6.54 Å². The molecule has 0 aliphatic heterocycles. The molecular formula is C14H23BrN2. The van der Waals surface area contributed by atoms with Gasteiger partial charge in [-0.25, -0.2) is 0 Å². The number of nitrogens with one attached hydrogen (secondary N) is 2. The molecule has 0 bridgehead atoms. The molecule has 96 valence electrons. The maximum Gasteiger partial charge on any atom is 0.0205 e. The van der Waals surface area contributed by atoms with Crippen LogP contribution in [0, 0.1) is 6.92 Å². The van der Waals surface area contributed by atoms with Gasteiger partial charge in [-0.15, -0.1) is 0 Å². The largest absolute Gasteiger partial charge is 0.317 e. The van der Waals surface area contributed by atoms with Crippen molar-refractivity contribution in [2.45, 2.75) is 33.2 Å². The Labute approximate surface area is 113 Å². The van der Waals surface area contributed by atoms with Crippen LogP contribution in [0.15, 0.2) is 22.7 Å². The van der Waals surface area contributed by atoms with Gasteiger partial charge >= 0.3 is 0 Å². The number of hydrogen-bond donors (Lipinski definition) is 2. The van der Waals surface area contributed by atoms with Crippen LogP contribution in [0.5, 0.6) is 0 Å². The molecule has 0 heterocycles. The van der Waals surface area contributed by atoms with Gasteiger partial charge in [0.1, 0.15) is 0 Å². The molecule has 1 aromatic rings. The summed E-state index contributed by atoms with van der Waals surface area (Å²) in [5, 5.41) is 6.87. The zero-order valence-electron chi connectivity index (χ0n) is 10.9. The van der Waals surface area contributed by atoms with Gasteiger partial charge in [-0.2, -0.15) is 0 Å². The summed E-state index contributed by atoms with van der Waals surface area (Å²) in [4.78, 5) is 0. The molecule has 0 aliphatic rings. The predicted octanol–water partition coefficient (Wildman–Crippen LogP) is 3.24. The molecule has 0 radical (unpaired) electrons. The van der Waals surface area contributed by atoms with Crippen LogP contribution in [0.25, 0.3) is 0 Å². The van der Waals surface area contributed by atoms with Crippen molar-refractivity contribution in [1.29, 1.82) is 0 Å². The van der Waals surface area contributed by atoms with E-state index in [0.29, 0.717) is 0 Å². The highest BCUT2D eigenvalue weighted by Gasteiger charge is 1.97. The molecule has 0 fully saturated rings. The average Bonchev–Trinajstić information content (AvgIpc) is 2.32. The topological polar surface area (TPSA) is 24.1 Å². The lowest BCUT2D eigenvalue weighted by Crippen LogP contribution is -2.22. The smallest absolute Gasteiger partial charge is 0.0205 e. The van der Waals surface area contributed by atoms with Crippen LogP contribution < -0.4 is 10.6 Å². The molecule has 2 nitrogen and oxygen atoms in total. The third kappa shape index (κ3) is 6.20. The van der Waals surface area contributed by atoms with Crippen molar-refractivity contribution in [3.63, 3.8) is 0 Å². The second kappa shape index (κ2) is 8.67. The summed E-state index contributed by atoms with van der Waals surface area (Å²) >= 11 is 3.52. The monoisotopic (exact) mass is 298 g/mol. The number of hydrogen-bond acceptors (Lipinski definition) is 2. The van der Waals surface area contributed by atoms with Crippen LogP contribution in [0.3, 0.4) is 0 Å². The zero-order valence-corrected chi connectivity index (χ0v) is 12.4. The first kappa shape index (κ1) is 14.7. The van der Waals surface area contributed by atoms with Crippen LogP contribution in [0.4, 0.5) is 0 Å². The van der Waals surface area contributed by atoms with Gasteiger partial charge in [-0.3, -0.25) is 0 Å². The van der Waals surface area contributed by atoms with E-state index in [1.165, 1.54) is 28.4 Å². The molecule has 1 rings (SSSR count). The number of benzene rings is 1. The van der Waals surface area contributed by atoms with Crippen LogP contribution in [0.1, 0.15) is 30.9 Å². The molecule has 0 spiro atoms. The summed E-state index contributed by atoms with van der Waals surface area (Å²) in [5.74, 6) is 0. The summed E-state index contributed by atoms with van der Waals surface area (Å²) in [6, 6.07) is 6.51. The highest BCUT2D eigenvalue weighted by Crippen LogP contribution is 2.16. The summed E-state index contributed by atoms with van der Waals surface area (Å²) in [6.45, 7) is 8.60. The van der Waals surface area contributed by atoms with E-state index >= 15 is 0 Å². The van der Waals surface area contributed by atoms with E-state index in [0.717, 1.165) is 26.2 Å². The fraction of sp³-hybridized carbons (Fsp3) is 0.571. The van der Waals surface area contributed by atoms with Gasteiger partial charge < -0.3 is 10.6 Å². The summed E-state index contributed by atoms with van der Waals surface area (Å²) in [5.41, 5.74) is 2.65. The van der Waals surface area contributed by atoms with E-state index < -0.39 is 0 Å². The van der Waals surface area contributed by atoms with Gasteiger partial charge in [-0.1, -0.05) is 35.0 Å². The summed E-state index contributed by atoms with van der Waals surface area (Å²) < 4.78 is 1.19. The minimum atomic E-state index is 0.960. The van der Waals surface area contributed by atoms with Gasteiger partial charge in [0.2, 0.25) is 0 Å². The molecule has 0 aliphatic carbocycles. The first-order chi connectivity index (χ1) is 8.24. The summed E-state index contributed by atoms with van der Waals surface area (Å²) in [6.07, 6.45) is 2.40. The van der Waals surface area contributed by atoms with E-state index in [9.17, 15) is 0 Å². The van der Waals surface area contributed by atoms with Crippen molar-refractivity contribution in [3.8, 4) is 0 Å². The fourth-order valence-electron chi connectivity index (χ4n) is 1.69. The molecule has 17 heavy (non-hydrogen) atoms. The Hall–Kier alpha value is -0.380. The fourth-order valence-corrected chi connectivity index (χ4v) is 1.94. The Morgan fingerprint density at radius 1 is 1.12 bits per heavy atom. The van der Waals surface area contributed by atoms with Crippen molar-refractivity contribution in [3.05, 3.63) is 33.8 Å². The van der Waals surface area contributed by atoms with Crippen LogP contribution >= 0.6 is 15.9 Å². The lowest BCUT2D eigenvalue weighted by atomic mass is 10.1. The first-order valence-electron chi connectivity index (χ1n) is 6.40. The van der Waals surface area contributed by atoms with Crippen molar-refractivity contribution in [2.24, 2.45) is 0 Å². The second-order valence-corrected chi connectivity index (χ2v) is 5.22. The van der Waals surface area contributed by atoms with Gasteiger partial charge in [0, 0.05) is 11.0 Å². The quantitative estimate of drug-likeness (QED) is 0.720. The highest BCUT2D eigenvalue weighted by atomic mass is 79.9. The average molecular weight is 299 g/mol. The molecule has 0 saturated carbocycles. The van der Waals surface area contributed by atoms with E-state index in [4.69, 9.17) is 0 Å². The highest BCUT2D eigenvalue weighted by molar-refractivity contribution is 9.10. The SMILES string of the molecule is CCCNCCCNCc1ccc(Br)c(C)c1. The maximum absolute atomic E-state index is 3.52. The van der Waals surface area contributed by atoms with Crippen molar-refractivity contribution < 1.29 is 0 Å². The lowest BCUT2D eigenvalue weighted by Gasteiger charge is -2.07. The number of halogens is 1. The first-order valence-corrected chi connectivity index (χ1v) is 7.19. The lowest BCUT2D eigenvalue weighted by molar-refractivity contribution is 0.592. The standard InChI is InChI=1S/C14H23BrN2/c1-3-7-16-8-4-9-17-11-13-5-6-14(15)12(2)10-13/h5-6,10,16-17H,3-4,7-9,11H2,1-2H3. The third-order valence-electron chi connectivity index (χ3n) is 2.69. The minimum absolute atomic E-state index is 0.960. The molecule has 1 aromatic carbocycles. The Balaban J connectivity index is 2.11. The minimum Gasteiger partial charge on any atom is -0.317 e. The Morgan fingerprint density at radius 2 is 1.88 bits per heavy atom. The molecule has 0 amide bonds. The van der Waals surface area contributed by atoms with Gasteiger partial charge in [-0.05, 0) is 56.6 Å². The van der Waals surface area contributed by atoms with Crippen molar-refractivity contribution in [2.75, 3.05) is 19.6 Å². The van der Waals surface area contributed by atoms with Gasteiger partial charge in [0.15, 0.2) is 0 Å². The molecule has 0 atom stereocenters. The molecular weight excluding hydrogens is 276 g/mol. The van der Waals surface area contributed by atoms with E-state index in [2.05, 4.69) is 58.6 Å². The third-order valence-corrected chi connectivity index (χ3v) is 3.58. The Bertz CT molecular complexity index is 326. The molecule has 3 heteroatoms. The van der Waals surface area contributed by atoms with Crippen molar-refractivity contribution >= 4 is 15.9 Å². The molecule has 0 unspecified atom stereocenters. The summed E-state index contributed by atoms with van der Waals surface area (Å²) in [7, 11) is 0. The molecule has 0 aromatic heterocycles. The zero-order chi connectivity index (χ0) is 12.5. The second-order valence-electron chi connectivity index (χ2n) is 4.36. The van der Waals surface area contributed by atoms with Crippen molar-refractivity contribution in [1.82, 2.24) is 10.6 Å². The number of rotatable bonds is 8. The van der Waals surface area contributed by atoms with E-state index in [-0.39, 0.29) is 0 Å².